The third-order valence-corrected chi connectivity index (χ3v) is 3.97. The second-order valence-electron chi connectivity index (χ2n) is 5.46. The van der Waals surface area contributed by atoms with E-state index < -0.39 is 5.95 Å². The van der Waals surface area contributed by atoms with Crippen molar-refractivity contribution in [3.8, 4) is 22.3 Å². The summed E-state index contributed by atoms with van der Waals surface area (Å²) in [6, 6.07) is 27.4. The molecule has 0 fully saturated rings. The van der Waals surface area contributed by atoms with Gasteiger partial charge in [-0.15, -0.1) is 0 Å². The minimum Gasteiger partial charge on any atom is -0.220 e. The van der Waals surface area contributed by atoms with Crippen LogP contribution in [0.15, 0.2) is 84.9 Å². The van der Waals surface area contributed by atoms with Gasteiger partial charge in [-0.1, -0.05) is 72.8 Å². The van der Waals surface area contributed by atoms with Crippen LogP contribution >= 0.6 is 0 Å². The Balaban J connectivity index is 1.94. The topological polar surface area (TPSA) is 12.9 Å². The van der Waals surface area contributed by atoms with Crippen molar-refractivity contribution >= 4 is 10.9 Å². The molecule has 0 aliphatic heterocycles. The molecule has 4 aromatic rings. The number of rotatable bonds is 2. The van der Waals surface area contributed by atoms with Gasteiger partial charge in [0.15, 0.2) is 0 Å². The molecular weight excluding hydrogens is 285 g/mol. The van der Waals surface area contributed by atoms with Crippen molar-refractivity contribution in [1.29, 1.82) is 0 Å². The fraction of sp³-hybridized carbons (Fsp3) is 0. The first kappa shape index (κ1) is 13.6. The van der Waals surface area contributed by atoms with Crippen LogP contribution < -0.4 is 0 Å². The normalized spacial score (nSPS) is 10.8. The summed E-state index contributed by atoms with van der Waals surface area (Å²) >= 11 is 0. The van der Waals surface area contributed by atoms with Crippen LogP contribution in [0.1, 0.15) is 0 Å². The Labute approximate surface area is 134 Å². The van der Waals surface area contributed by atoms with Crippen molar-refractivity contribution in [3.63, 3.8) is 0 Å². The maximum absolute atomic E-state index is 14.0. The summed E-state index contributed by atoms with van der Waals surface area (Å²) in [5, 5.41) is 0.956. The summed E-state index contributed by atoms with van der Waals surface area (Å²) in [6.45, 7) is 0. The van der Waals surface area contributed by atoms with Gasteiger partial charge in [0.25, 0.3) is 0 Å². The number of fused-ring (bicyclic) bond motifs is 1. The Kier molecular flexibility index (Phi) is 3.35. The Morgan fingerprint density at radius 1 is 0.609 bits per heavy atom. The van der Waals surface area contributed by atoms with Crippen molar-refractivity contribution in [2.45, 2.75) is 0 Å². The van der Waals surface area contributed by atoms with Gasteiger partial charge in [0.05, 0.1) is 5.52 Å². The van der Waals surface area contributed by atoms with E-state index in [4.69, 9.17) is 0 Å². The lowest BCUT2D eigenvalue weighted by Gasteiger charge is -2.09. The average Bonchev–Trinajstić information content (AvgIpc) is 2.62. The molecule has 110 valence electrons. The molecule has 23 heavy (non-hydrogen) atoms. The minimum atomic E-state index is -0.457. The Morgan fingerprint density at radius 2 is 1.26 bits per heavy atom. The van der Waals surface area contributed by atoms with E-state index in [0.717, 1.165) is 27.6 Å². The number of nitrogens with zero attached hydrogens (tertiary/aromatic N) is 1. The second-order valence-corrected chi connectivity index (χ2v) is 5.46. The van der Waals surface area contributed by atoms with Crippen molar-refractivity contribution in [2.75, 3.05) is 0 Å². The summed E-state index contributed by atoms with van der Waals surface area (Å²) in [5.41, 5.74) is 4.67. The van der Waals surface area contributed by atoms with Crippen molar-refractivity contribution in [2.24, 2.45) is 0 Å². The summed E-state index contributed by atoms with van der Waals surface area (Å²) in [4.78, 5) is 4.08. The van der Waals surface area contributed by atoms with Gasteiger partial charge in [-0.2, -0.15) is 4.39 Å². The van der Waals surface area contributed by atoms with Crippen LogP contribution in [0, 0.1) is 5.95 Å². The average molecular weight is 299 g/mol. The van der Waals surface area contributed by atoms with E-state index in [1.54, 1.807) is 0 Å². The number of aromatic nitrogens is 1. The molecule has 0 aliphatic rings. The molecule has 0 bridgehead atoms. The van der Waals surface area contributed by atoms with Gasteiger partial charge in [-0.05, 0) is 28.3 Å². The van der Waals surface area contributed by atoms with Gasteiger partial charge in [0.2, 0.25) is 5.95 Å². The highest BCUT2D eigenvalue weighted by molar-refractivity contribution is 5.96. The van der Waals surface area contributed by atoms with Gasteiger partial charge in [-0.25, -0.2) is 4.98 Å². The van der Waals surface area contributed by atoms with Gasteiger partial charge in [0, 0.05) is 11.5 Å². The molecule has 4 rings (SSSR count). The number of hydrogen-bond acceptors (Lipinski definition) is 1. The molecule has 1 aromatic heterocycles. The molecule has 1 heterocycles. The predicted octanol–water partition coefficient (Wildman–Crippen LogP) is 5.71. The van der Waals surface area contributed by atoms with E-state index in [9.17, 15) is 4.39 Å². The van der Waals surface area contributed by atoms with E-state index in [2.05, 4.69) is 11.1 Å². The lowest BCUT2D eigenvalue weighted by molar-refractivity contribution is 0.589. The highest BCUT2D eigenvalue weighted by Crippen LogP contribution is 2.31. The van der Waals surface area contributed by atoms with E-state index in [-0.39, 0.29) is 0 Å². The SMILES string of the molecule is Fc1cc(-c2ccccc2)c2ccc(-c3ccccc3)cc2n1. The maximum atomic E-state index is 14.0. The molecule has 0 saturated heterocycles. The number of benzene rings is 3. The van der Waals surface area contributed by atoms with Crippen LogP contribution in [0.25, 0.3) is 33.2 Å². The Hall–Kier alpha value is -3.00. The Bertz CT molecular complexity index is 963. The second kappa shape index (κ2) is 5.65. The van der Waals surface area contributed by atoms with Gasteiger partial charge in [-0.3, -0.25) is 0 Å². The first-order valence-corrected chi connectivity index (χ1v) is 7.52. The molecule has 0 N–H and O–H groups in total. The zero-order chi connectivity index (χ0) is 15.6. The molecule has 0 atom stereocenters. The highest BCUT2D eigenvalue weighted by Gasteiger charge is 2.09. The fourth-order valence-electron chi connectivity index (χ4n) is 2.86. The fourth-order valence-corrected chi connectivity index (χ4v) is 2.86. The molecule has 0 aliphatic carbocycles. The first-order chi connectivity index (χ1) is 11.3. The van der Waals surface area contributed by atoms with Gasteiger partial charge >= 0.3 is 0 Å². The summed E-state index contributed by atoms with van der Waals surface area (Å²) in [5.74, 6) is -0.457. The Morgan fingerprint density at radius 3 is 1.96 bits per heavy atom. The molecule has 0 spiro atoms. The molecule has 2 heteroatoms. The highest BCUT2D eigenvalue weighted by atomic mass is 19.1. The van der Waals surface area contributed by atoms with E-state index in [0.29, 0.717) is 5.52 Å². The van der Waals surface area contributed by atoms with E-state index in [1.807, 2.05) is 72.8 Å². The van der Waals surface area contributed by atoms with Crippen LogP contribution in [0.2, 0.25) is 0 Å². The van der Waals surface area contributed by atoms with Crippen molar-refractivity contribution < 1.29 is 4.39 Å². The lowest BCUT2D eigenvalue weighted by atomic mass is 9.98. The zero-order valence-corrected chi connectivity index (χ0v) is 12.4. The van der Waals surface area contributed by atoms with Gasteiger partial charge < -0.3 is 0 Å². The van der Waals surface area contributed by atoms with Crippen LogP contribution in [0.5, 0.6) is 0 Å². The molecule has 0 saturated carbocycles. The molecular formula is C21H14FN. The molecule has 0 radical (unpaired) electrons. The van der Waals surface area contributed by atoms with Crippen LogP contribution in [0.3, 0.4) is 0 Å². The van der Waals surface area contributed by atoms with Crippen molar-refractivity contribution in [3.05, 3.63) is 90.9 Å². The summed E-state index contributed by atoms with van der Waals surface area (Å²) in [6.07, 6.45) is 0. The lowest BCUT2D eigenvalue weighted by Crippen LogP contribution is -1.90. The smallest absolute Gasteiger partial charge is 0.214 e. The summed E-state index contributed by atoms with van der Waals surface area (Å²) < 4.78 is 14.0. The van der Waals surface area contributed by atoms with Crippen LogP contribution in [-0.2, 0) is 0 Å². The molecule has 3 aromatic carbocycles. The van der Waals surface area contributed by atoms with Crippen LogP contribution in [0.4, 0.5) is 4.39 Å². The number of pyridine rings is 1. The maximum Gasteiger partial charge on any atom is 0.214 e. The van der Waals surface area contributed by atoms with E-state index >= 15 is 0 Å². The predicted molar refractivity (Wildman–Crippen MR) is 92.6 cm³/mol. The third kappa shape index (κ3) is 2.59. The number of hydrogen-bond donors (Lipinski definition) is 0. The number of halogens is 1. The zero-order valence-electron chi connectivity index (χ0n) is 12.4. The van der Waals surface area contributed by atoms with Crippen molar-refractivity contribution in [1.82, 2.24) is 4.98 Å². The molecule has 0 amide bonds. The summed E-state index contributed by atoms with van der Waals surface area (Å²) in [7, 11) is 0. The quantitative estimate of drug-likeness (QED) is 0.432. The largest absolute Gasteiger partial charge is 0.220 e. The van der Waals surface area contributed by atoms with E-state index in [1.165, 1.54) is 6.07 Å². The minimum absolute atomic E-state index is 0.457. The molecule has 1 nitrogen and oxygen atoms in total. The molecule has 0 unspecified atom stereocenters. The third-order valence-electron chi connectivity index (χ3n) is 3.97. The van der Waals surface area contributed by atoms with Crippen LogP contribution in [-0.4, -0.2) is 4.98 Å². The standard InChI is InChI=1S/C21H14FN/c22-21-14-19(16-9-5-2-6-10-16)18-12-11-17(13-20(18)23-21)15-7-3-1-4-8-15/h1-14H. The first-order valence-electron chi connectivity index (χ1n) is 7.52. The monoisotopic (exact) mass is 299 g/mol. The van der Waals surface area contributed by atoms with Gasteiger partial charge in [0.1, 0.15) is 0 Å².